The van der Waals surface area contributed by atoms with E-state index in [9.17, 15) is 8.78 Å². The molecule has 0 N–H and O–H groups in total. The summed E-state index contributed by atoms with van der Waals surface area (Å²) in [5.74, 6) is -2.52. The van der Waals surface area contributed by atoms with Crippen molar-refractivity contribution >= 4 is 0 Å². The highest BCUT2D eigenvalue weighted by atomic mass is 19.3. The van der Waals surface area contributed by atoms with Gasteiger partial charge < -0.3 is 9.64 Å². The second-order valence-electron chi connectivity index (χ2n) is 5.38. The Morgan fingerprint density at radius 1 is 1.11 bits per heavy atom. The zero-order chi connectivity index (χ0) is 14.5. The van der Waals surface area contributed by atoms with Crippen molar-refractivity contribution < 1.29 is 13.5 Å². The van der Waals surface area contributed by atoms with Crippen LogP contribution in [-0.2, 0) is 4.74 Å². The van der Waals surface area contributed by atoms with Crippen LogP contribution in [0, 0.1) is 5.41 Å². The molecule has 0 aromatic heterocycles. The lowest BCUT2D eigenvalue weighted by molar-refractivity contribution is -0.00993. The molecular formula is C14H28F2N2O. The van der Waals surface area contributed by atoms with Gasteiger partial charge in [-0.1, -0.05) is 13.8 Å². The summed E-state index contributed by atoms with van der Waals surface area (Å²) < 4.78 is 32.2. The minimum Gasteiger partial charge on any atom is -0.381 e. The van der Waals surface area contributed by atoms with Crippen molar-refractivity contribution in [3.8, 4) is 0 Å². The monoisotopic (exact) mass is 278 g/mol. The van der Waals surface area contributed by atoms with Crippen LogP contribution in [0.5, 0.6) is 0 Å². The molecule has 1 atom stereocenters. The summed E-state index contributed by atoms with van der Waals surface area (Å²) in [6, 6.07) is 0. The first kappa shape index (κ1) is 16.8. The summed E-state index contributed by atoms with van der Waals surface area (Å²) >= 11 is 0. The maximum Gasteiger partial charge on any atom is 0.258 e. The van der Waals surface area contributed by atoms with Crippen LogP contribution in [0.25, 0.3) is 0 Å². The van der Waals surface area contributed by atoms with Gasteiger partial charge in [0.05, 0.1) is 12.0 Å². The Bertz CT molecular complexity index is 268. The van der Waals surface area contributed by atoms with E-state index in [1.165, 1.54) is 0 Å². The molecule has 1 saturated heterocycles. The number of alkyl halides is 2. The number of ether oxygens (including phenoxy) is 1. The molecule has 1 aliphatic heterocycles. The standard InChI is InChI=1S/C12H22F2N2O.C2H6/c1-3-17-10-11(8-12(11,13)14)9-16-6-4-15(2)5-7-16;1-2/h3-10H2,1-2H3;1-2H3. The van der Waals surface area contributed by atoms with Gasteiger partial charge in [-0.25, -0.2) is 8.78 Å². The molecule has 1 aliphatic carbocycles. The van der Waals surface area contributed by atoms with E-state index >= 15 is 0 Å². The average molecular weight is 278 g/mol. The molecule has 2 rings (SSSR count). The number of likely N-dealkylation sites (N-methyl/N-ethyl adjacent to an activating group) is 1. The number of hydrogen-bond acceptors (Lipinski definition) is 3. The van der Waals surface area contributed by atoms with Crippen LogP contribution < -0.4 is 0 Å². The molecule has 0 spiro atoms. The van der Waals surface area contributed by atoms with Crippen LogP contribution in [-0.4, -0.2) is 68.7 Å². The molecule has 3 nitrogen and oxygen atoms in total. The fourth-order valence-electron chi connectivity index (χ4n) is 2.49. The SMILES string of the molecule is CC.CCOCC1(CN2CCN(C)CC2)CC1(F)F. The van der Waals surface area contributed by atoms with Gasteiger partial charge in [-0.3, -0.25) is 4.90 Å². The minimum atomic E-state index is -2.52. The van der Waals surface area contributed by atoms with Crippen molar-refractivity contribution in [2.24, 2.45) is 5.41 Å². The van der Waals surface area contributed by atoms with Gasteiger partial charge in [0.1, 0.15) is 0 Å². The lowest BCUT2D eigenvalue weighted by Crippen LogP contribution is -2.47. The molecule has 114 valence electrons. The van der Waals surface area contributed by atoms with E-state index in [2.05, 4.69) is 16.8 Å². The number of hydrogen-bond donors (Lipinski definition) is 0. The van der Waals surface area contributed by atoms with E-state index in [4.69, 9.17) is 4.74 Å². The third-order valence-corrected chi connectivity index (χ3v) is 3.92. The molecule has 1 heterocycles. The number of nitrogens with zero attached hydrogens (tertiary/aromatic N) is 2. The summed E-state index contributed by atoms with van der Waals surface area (Å²) in [7, 11) is 2.07. The van der Waals surface area contributed by atoms with Crippen LogP contribution in [0.3, 0.4) is 0 Å². The lowest BCUT2D eigenvalue weighted by Gasteiger charge is -2.34. The molecule has 19 heavy (non-hydrogen) atoms. The Morgan fingerprint density at radius 2 is 1.63 bits per heavy atom. The summed E-state index contributed by atoms with van der Waals surface area (Å²) in [4.78, 5) is 4.39. The zero-order valence-electron chi connectivity index (χ0n) is 12.7. The quantitative estimate of drug-likeness (QED) is 0.767. The number of rotatable bonds is 5. The zero-order valence-corrected chi connectivity index (χ0v) is 12.7. The Hall–Kier alpha value is -0.260. The van der Waals surface area contributed by atoms with Crippen LogP contribution in [0.1, 0.15) is 27.2 Å². The Balaban J connectivity index is 0.000000861. The predicted molar refractivity (Wildman–Crippen MR) is 73.8 cm³/mol. The van der Waals surface area contributed by atoms with Crippen molar-refractivity contribution in [1.82, 2.24) is 9.80 Å². The topological polar surface area (TPSA) is 15.7 Å². The predicted octanol–water partition coefficient (Wildman–Crippen LogP) is 2.32. The third kappa shape index (κ3) is 4.10. The van der Waals surface area contributed by atoms with Gasteiger partial charge in [-0.2, -0.15) is 0 Å². The van der Waals surface area contributed by atoms with E-state index in [1.54, 1.807) is 0 Å². The Labute approximate surface area is 115 Å². The van der Waals surface area contributed by atoms with E-state index in [0.29, 0.717) is 13.2 Å². The van der Waals surface area contributed by atoms with Crippen LogP contribution in [0.15, 0.2) is 0 Å². The second-order valence-corrected chi connectivity index (χ2v) is 5.38. The van der Waals surface area contributed by atoms with Crippen LogP contribution in [0.4, 0.5) is 8.78 Å². The molecule has 1 saturated carbocycles. The van der Waals surface area contributed by atoms with Crippen LogP contribution in [0.2, 0.25) is 0 Å². The maximum absolute atomic E-state index is 13.5. The van der Waals surface area contributed by atoms with Crippen LogP contribution >= 0.6 is 0 Å². The van der Waals surface area contributed by atoms with Crippen molar-refractivity contribution in [1.29, 1.82) is 0 Å². The molecule has 1 unspecified atom stereocenters. The van der Waals surface area contributed by atoms with E-state index in [-0.39, 0.29) is 13.0 Å². The normalized spacial score (nSPS) is 30.6. The van der Waals surface area contributed by atoms with Gasteiger partial charge in [-0.15, -0.1) is 0 Å². The van der Waals surface area contributed by atoms with Crippen molar-refractivity contribution in [3.05, 3.63) is 0 Å². The summed E-state index contributed by atoms with van der Waals surface area (Å²) in [6.45, 7) is 10.8. The van der Waals surface area contributed by atoms with Crippen molar-refractivity contribution in [3.63, 3.8) is 0 Å². The largest absolute Gasteiger partial charge is 0.381 e. The molecule has 2 fully saturated rings. The summed E-state index contributed by atoms with van der Waals surface area (Å²) in [5, 5.41) is 0. The molecule has 0 aromatic rings. The highest BCUT2D eigenvalue weighted by Crippen LogP contribution is 2.60. The van der Waals surface area contributed by atoms with E-state index in [0.717, 1.165) is 26.2 Å². The molecule has 5 heteroatoms. The Morgan fingerprint density at radius 3 is 2.05 bits per heavy atom. The minimum absolute atomic E-state index is 0.00760. The number of halogens is 2. The van der Waals surface area contributed by atoms with Gasteiger partial charge in [0.15, 0.2) is 0 Å². The molecule has 0 aromatic carbocycles. The fourth-order valence-corrected chi connectivity index (χ4v) is 2.49. The molecule has 2 aliphatic rings. The van der Waals surface area contributed by atoms with Gasteiger partial charge in [0.2, 0.25) is 0 Å². The van der Waals surface area contributed by atoms with Crippen molar-refractivity contribution in [2.75, 3.05) is 53.0 Å². The molecule has 0 bridgehead atoms. The first-order valence-electron chi connectivity index (χ1n) is 7.35. The van der Waals surface area contributed by atoms with Gasteiger partial charge in [0.25, 0.3) is 5.92 Å². The second kappa shape index (κ2) is 6.95. The van der Waals surface area contributed by atoms with E-state index < -0.39 is 11.3 Å². The summed E-state index contributed by atoms with van der Waals surface area (Å²) in [5.41, 5.74) is -0.904. The van der Waals surface area contributed by atoms with Crippen molar-refractivity contribution in [2.45, 2.75) is 33.1 Å². The lowest BCUT2D eigenvalue weighted by atomic mass is 10.1. The third-order valence-electron chi connectivity index (χ3n) is 3.92. The highest BCUT2D eigenvalue weighted by Gasteiger charge is 2.71. The first-order valence-corrected chi connectivity index (χ1v) is 7.35. The van der Waals surface area contributed by atoms with Gasteiger partial charge in [-0.05, 0) is 14.0 Å². The molecule has 0 radical (unpaired) electrons. The average Bonchev–Trinajstić information content (AvgIpc) is 2.94. The number of piperazine rings is 1. The molecular weight excluding hydrogens is 250 g/mol. The Kier molecular flexibility index (Phi) is 6.15. The fraction of sp³-hybridized carbons (Fsp3) is 1.00. The maximum atomic E-state index is 13.5. The summed E-state index contributed by atoms with van der Waals surface area (Å²) in [6.07, 6.45) is -0.00760. The smallest absolute Gasteiger partial charge is 0.258 e. The van der Waals surface area contributed by atoms with Gasteiger partial charge >= 0.3 is 0 Å². The van der Waals surface area contributed by atoms with Gasteiger partial charge in [0, 0.05) is 45.8 Å². The first-order chi connectivity index (χ1) is 8.99. The van der Waals surface area contributed by atoms with E-state index in [1.807, 2.05) is 20.8 Å². The molecule has 0 amide bonds. The highest BCUT2D eigenvalue weighted by molar-refractivity contribution is 5.11.